The monoisotopic (exact) mass is 404 g/mol. The number of allylic oxidation sites excluding steroid dienone is 1. The molecule has 0 radical (unpaired) electrons. The lowest BCUT2D eigenvalue weighted by Gasteiger charge is -2.28. The topological polar surface area (TPSA) is 88.7 Å². The van der Waals surface area contributed by atoms with Crippen LogP contribution in [0.5, 0.6) is 17.2 Å². The SMILES string of the molecule is O=C1C(=Cc2n[nH]c3ccccc23)Oc2c1cc1c(c2CN2CCNCC2)OCO1. The number of ether oxygens (including phenoxy) is 3. The van der Waals surface area contributed by atoms with Gasteiger partial charge in [0.2, 0.25) is 12.6 Å². The van der Waals surface area contributed by atoms with E-state index in [-0.39, 0.29) is 18.3 Å². The first kappa shape index (κ1) is 17.5. The van der Waals surface area contributed by atoms with E-state index in [1.54, 1.807) is 12.1 Å². The molecule has 4 heterocycles. The third kappa shape index (κ3) is 2.76. The summed E-state index contributed by atoms with van der Waals surface area (Å²) in [5.74, 6) is 1.92. The molecule has 1 fully saturated rings. The highest BCUT2D eigenvalue weighted by molar-refractivity contribution is 6.15. The van der Waals surface area contributed by atoms with Gasteiger partial charge in [0.1, 0.15) is 5.75 Å². The van der Waals surface area contributed by atoms with Crippen LogP contribution in [-0.4, -0.2) is 53.9 Å². The molecule has 0 unspecified atom stereocenters. The maximum Gasteiger partial charge on any atom is 0.232 e. The summed E-state index contributed by atoms with van der Waals surface area (Å²) in [6.07, 6.45) is 1.70. The normalized spacial score (nSPS) is 19.5. The van der Waals surface area contributed by atoms with Crippen LogP contribution in [0.15, 0.2) is 36.1 Å². The van der Waals surface area contributed by atoms with Gasteiger partial charge in [0.15, 0.2) is 17.3 Å². The number of aromatic nitrogens is 2. The Morgan fingerprint density at radius 2 is 2.00 bits per heavy atom. The summed E-state index contributed by atoms with van der Waals surface area (Å²) in [6.45, 7) is 4.52. The van der Waals surface area contributed by atoms with E-state index in [0.29, 0.717) is 35.1 Å². The van der Waals surface area contributed by atoms with Crippen LogP contribution in [0.4, 0.5) is 0 Å². The first-order chi connectivity index (χ1) is 14.8. The van der Waals surface area contributed by atoms with Gasteiger partial charge in [-0.05, 0) is 12.1 Å². The van der Waals surface area contributed by atoms with Crippen molar-refractivity contribution in [2.24, 2.45) is 0 Å². The fraction of sp³-hybridized carbons (Fsp3) is 0.273. The highest BCUT2D eigenvalue weighted by Crippen LogP contribution is 2.48. The van der Waals surface area contributed by atoms with E-state index in [0.717, 1.165) is 42.6 Å². The molecule has 0 spiro atoms. The summed E-state index contributed by atoms with van der Waals surface area (Å²) in [4.78, 5) is 15.5. The third-order valence-electron chi connectivity index (χ3n) is 5.75. The molecule has 2 aromatic carbocycles. The first-order valence-electron chi connectivity index (χ1n) is 10.0. The largest absolute Gasteiger partial charge is 0.454 e. The van der Waals surface area contributed by atoms with E-state index in [2.05, 4.69) is 20.4 Å². The van der Waals surface area contributed by atoms with Crippen molar-refractivity contribution in [3.05, 3.63) is 52.9 Å². The molecular formula is C22H20N4O4. The van der Waals surface area contributed by atoms with Crippen LogP contribution in [0.3, 0.4) is 0 Å². The van der Waals surface area contributed by atoms with Crippen molar-refractivity contribution < 1.29 is 19.0 Å². The molecule has 30 heavy (non-hydrogen) atoms. The van der Waals surface area contributed by atoms with Gasteiger partial charge in [-0.3, -0.25) is 14.8 Å². The second-order valence-electron chi connectivity index (χ2n) is 7.59. The number of nitrogens with one attached hydrogen (secondary N) is 2. The standard InChI is InChI=1S/C22H20N4O4/c27-20-14-9-19-22(29-12-28-19)15(11-26-7-5-23-6-8-26)21(14)30-18(20)10-17-13-3-1-2-4-16(13)24-25-17/h1-4,9-10,23H,5-8,11-12H2,(H,24,25). The third-order valence-corrected chi connectivity index (χ3v) is 5.75. The van der Waals surface area contributed by atoms with E-state index in [9.17, 15) is 4.79 Å². The Labute approximate surface area is 172 Å². The minimum atomic E-state index is -0.169. The number of H-pyrrole nitrogens is 1. The summed E-state index contributed by atoms with van der Waals surface area (Å²) in [6, 6.07) is 9.51. The lowest BCUT2D eigenvalue weighted by Crippen LogP contribution is -2.42. The van der Waals surface area contributed by atoms with Crippen molar-refractivity contribution >= 4 is 22.8 Å². The van der Waals surface area contributed by atoms with Crippen LogP contribution in [0.25, 0.3) is 17.0 Å². The fourth-order valence-electron chi connectivity index (χ4n) is 4.22. The number of hydrogen-bond donors (Lipinski definition) is 2. The van der Waals surface area contributed by atoms with Gasteiger partial charge < -0.3 is 19.5 Å². The van der Waals surface area contributed by atoms with Gasteiger partial charge in [-0.15, -0.1) is 0 Å². The number of para-hydroxylation sites is 1. The van der Waals surface area contributed by atoms with Crippen molar-refractivity contribution in [3.63, 3.8) is 0 Å². The average Bonchev–Trinajstić information content (AvgIpc) is 3.48. The molecule has 3 aliphatic heterocycles. The second-order valence-corrected chi connectivity index (χ2v) is 7.59. The number of Topliss-reactive ketones (excluding diaryl/α,β-unsaturated/α-hetero) is 1. The molecule has 6 rings (SSSR count). The number of rotatable bonds is 3. The summed E-state index contributed by atoms with van der Waals surface area (Å²) < 4.78 is 17.5. The van der Waals surface area contributed by atoms with Crippen LogP contribution in [-0.2, 0) is 6.54 Å². The molecule has 0 saturated carbocycles. The Morgan fingerprint density at radius 3 is 2.90 bits per heavy atom. The summed E-state index contributed by atoms with van der Waals surface area (Å²) >= 11 is 0. The Kier molecular flexibility index (Phi) is 4.00. The van der Waals surface area contributed by atoms with Crippen molar-refractivity contribution in [1.82, 2.24) is 20.4 Å². The molecule has 2 N–H and O–H groups in total. The molecular weight excluding hydrogens is 384 g/mol. The number of fused-ring (bicyclic) bond motifs is 3. The van der Waals surface area contributed by atoms with Crippen LogP contribution >= 0.6 is 0 Å². The molecule has 0 atom stereocenters. The van der Waals surface area contributed by atoms with Crippen molar-refractivity contribution in [3.8, 4) is 17.2 Å². The van der Waals surface area contributed by atoms with E-state index in [1.165, 1.54) is 0 Å². The number of nitrogens with zero attached hydrogens (tertiary/aromatic N) is 2. The van der Waals surface area contributed by atoms with E-state index >= 15 is 0 Å². The highest BCUT2D eigenvalue weighted by atomic mass is 16.7. The Morgan fingerprint density at radius 1 is 1.13 bits per heavy atom. The number of carbonyl (C=O) groups is 1. The van der Waals surface area contributed by atoms with Gasteiger partial charge in [0.25, 0.3) is 0 Å². The summed E-state index contributed by atoms with van der Waals surface area (Å²) in [5, 5.41) is 11.6. The zero-order valence-electron chi connectivity index (χ0n) is 16.2. The number of aromatic amines is 1. The van der Waals surface area contributed by atoms with Gasteiger partial charge in [0, 0.05) is 44.2 Å². The van der Waals surface area contributed by atoms with Gasteiger partial charge >= 0.3 is 0 Å². The molecule has 152 valence electrons. The smallest absolute Gasteiger partial charge is 0.232 e. The Hall–Kier alpha value is -3.36. The van der Waals surface area contributed by atoms with Crippen molar-refractivity contribution in [2.45, 2.75) is 6.54 Å². The highest BCUT2D eigenvalue weighted by Gasteiger charge is 2.36. The van der Waals surface area contributed by atoms with E-state index in [1.807, 2.05) is 24.3 Å². The lowest BCUT2D eigenvalue weighted by atomic mass is 10.0. The van der Waals surface area contributed by atoms with Gasteiger partial charge in [-0.25, -0.2) is 0 Å². The fourth-order valence-corrected chi connectivity index (χ4v) is 4.22. The maximum absolute atomic E-state index is 13.2. The second kappa shape index (κ2) is 6.86. The van der Waals surface area contributed by atoms with E-state index in [4.69, 9.17) is 14.2 Å². The van der Waals surface area contributed by atoms with Crippen molar-refractivity contribution in [1.29, 1.82) is 0 Å². The predicted octanol–water partition coefficient (Wildman–Crippen LogP) is 2.31. The number of hydrogen-bond acceptors (Lipinski definition) is 7. The van der Waals surface area contributed by atoms with Crippen LogP contribution < -0.4 is 19.5 Å². The van der Waals surface area contributed by atoms with E-state index < -0.39 is 0 Å². The quantitative estimate of drug-likeness (QED) is 0.648. The first-order valence-corrected chi connectivity index (χ1v) is 10.0. The number of carbonyl (C=O) groups excluding carboxylic acids is 1. The summed E-state index contributed by atoms with van der Waals surface area (Å²) in [5.41, 5.74) is 2.96. The van der Waals surface area contributed by atoms with Gasteiger partial charge in [0.05, 0.1) is 22.3 Å². The molecule has 0 aliphatic carbocycles. The zero-order chi connectivity index (χ0) is 20.1. The number of ketones is 1. The van der Waals surface area contributed by atoms with Gasteiger partial charge in [-0.2, -0.15) is 5.10 Å². The van der Waals surface area contributed by atoms with Crippen molar-refractivity contribution in [2.75, 3.05) is 33.0 Å². The van der Waals surface area contributed by atoms with Crippen LogP contribution in [0.2, 0.25) is 0 Å². The molecule has 3 aromatic rings. The predicted molar refractivity (Wildman–Crippen MR) is 110 cm³/mol. The minimum Gasteiger partial charge on any atom is -0.454 e. The molecule has 8 nitrogen and oxygen atoms in total. The number of benzene rings is 2. The van der Waals surface area contributed by atoms with Gasteiger partial charge in [-0.1, -0.05) is 18.2 Å². The van der Waals surface area contributed by atoms with Crippen LogP contribution in [0, 0.1) is 0 Å². The minimum absolute atomic E-state index is 0.156. The number of piperazine rings is 1. The van der Waals surface area contributed by atoms with Crippen LogP contribution in [0.1, 0.15) is 21.6 Å². The molecule has 1 aromatic heterocycles. The molecule has 0 amide bonds. The molecule has 1 saturated heterocycles. The zero-order valence-corrected chi connectivity index (χ0v) is 16.2. The Bertz CT molecular complexity index is 1190. The molecule has 0 bridgehead atoms. The Balaban J connectivity index is 1.41. The molecule has 3 aliphatic rings. The molecule has 8 heteroatoms. The average molecular weight is 404 g/mol. The summed E-state index contributed by atoms with van der Waals surface area (Å²) in [7, 11) is 0. The lowest BCUT2D eigenvalue weighted by molar-refractivity contribution is 0.101. The maximum atomic E-state index is 13.2.